The number of oxazole rings is 1. The lowest BCUT2D eigenvalue weighted by Gasteiger charge is -2.25. The first-order chi connectivity index (χ1) is 8.38. The Bertz CT molecular complexity index is 318. The van der Waals surface area contributed by atoms with Gasteiger partial charge in [-0.15, -0.1) is 0 Å². The van der Waals surface area contributed by atoms with Crippen LogP contribution in [0.3, 0.4) is 0 Å². The number of nitrogens with two attached hydrogens (primary N) is 1. The van der Waals surface area contributed by atoms with Crippen molar-refractivity contribution in [3.63, 3.8) is 0 Å². The third kappa shape index (κ3) is 4.13. The third-order valence-corrected chi connectivity index (χ3v) is 3.32. The number of hydrogen-bond acceptors (Lipinski definition) is 4. The molecule has 1 aliphatic rings. The van der Waals surface area contributed by atoms with Crippen molar-refractivity contribution in [3.05, 3.63) is 17.8 Å². The van der Waals surface area contributed by atoms with Crippen LogP contribution in [0.25, 0.3) is 0 Å². The van der Waals surface area contributed by atoms with E-state index in [0.29, 0.717) is 6.54 Å². The van der Waals surface area contributed by atoms with Crippen LogP contribution in [0.1, 0.15) is 37.3 Å². The molecule has 2 rings (SSSR count). The maximum Gasteiger partial charge on any atom is 0.195 e. The molecule has 0 unspecified atom stereocenters. The van der Waals surface area contributed by atoms with Gasteiger partial charge in [0.25, 0.3) is 0 Å². The Morgan fingerprint density at radius 3 is 2.82 bits per heavy atom. The molecule has 4 heteroatoms. The van der Waals surface area contributed by atoms with Gasteiger partial charge in [0.1, 0.15) is 5.76 Å². The Hall–Kier alpha value is -0.870. The fourth-order valence-corrected chi connectivity index (χ4v) is 2.29. The van der Waals surface area contributed by atoms with Crippen LogP contribution in [0.15, 0.2) is 10.6 Å². The van der Waals surface area contributed by atoms with Crippen molar-refractivity contribution >= 4 is 0 Å². The number of rotatable bonds is 6. The zero-order chi connectivity index (χ0) is 11.9. The molecule has 1 aromatic heterocycles. The third-order valence-electron chi connectivity index (χ3n) is 3.32. The SMILES string of the molecule is NCCCc1cnc(CCN2CCCCC2)o1. The summed E-state index contributed by atoms with van der Waals surface area (Å²) >= 11 is 0. The molecule has 0 radical (unpaired) electrons. The topological polar surface area (TPSA) is 55.3 Å². The number of likely N-dealkylation sites (tertiary alicyclic amines) is 1. The van der Waals surface area contributed by atoms with Crippen molar-refractivity contribution < 1.29 is 4.42 Å². The highest BCUT2D eigenvalue weighted by atomic mass is 16.4. The predicted molar refractivity (Wildman–Crippen MR) is 67.9 cm³/mol. The quantitative estimate of drug-likeness (QED) is 0.816. The van der Waals surface area contributed by atoms with Gasteiger partial charge in [0, 0.05) is 19.4 Å². The number of hydrogen-bond donors (Lipinski definition) is 1. The average Bonchev–Trinajstić information content (AvgIpc) is 2.83. The molecule has 2 N–H and O–H groups in total. The Labute approximate surface area is 103 Å². The molecule has 0 aliphatic carbocycles. The molecule has 1 aliphatic heterocycles. The summed E-state index contributed by atoms with van der Waals surface area (Å²) in [7, 11) is 0. The summed E-state index contributed by atoms with van der Waals surface area (Å²) in [4.78, 5) is 6.83. The molecule has 2 heterocycles. The Morgan fingerprint density at radius 2 is 2.06 bits per heavy atom. The molecule has 0 bridgehead atoms. The highest BCUT2D eigenvalue weighted by Gasteiger charge is 2.11. The maximum atomic E-state index is 5.68. The fraction of sp³-hybridized carbons (Fsp3) is 0.769. The summed E-state index contributed by atoms with van der Waals surface area (Å²) in [5.74, 6) is 1.85. The largest absolute Gasteiger partial charge is 0.446 e. The Balaban J connectivity index is 1.72. The van der Waals surface area contributed by atoms with Crippen molar-refractivity contribution in [2.75, 3.05) is 26.2 Å². The fourth-order valence-electron chi connectivity index (χ4n) is 2.29. The van der Waals surface area contributed by atoms with Crippen LogP contribution in [0.4, 0.5) is 0 Å². The van der Waals surface area contributed by atoms with Crippen LogP contribution >= 0.6 is 0 Å². The molecule has 0 aromatic carbocycles. The number of piperidine rings is 1. The number of aromatic nitrogens is 1. The van der Waals surface area contributed by atoms with E-state index in [1.165, 1.54) is 32.4 Å². The zero-order valence-corrected chi connectivity index (χ0v) is 10.5. The van der Waals surface area contributed by atoms with Gasteiger partial charge in [-0.05, 0) is 38.9 Å². The van der Waals surface area contributed by atoms with Crippen molar-refractivity contribution in [1.29, 1.82) is 0 Å². The molecule has 0 amide bonds. The Kier molecular flexibility index (Phi) is 5.01. The average molecular weight is 237 g/mol. The van der Waals surface area contributed by atoms with E-state index in [9.17, 15) is 0 Å². The summed E-state index contributed by atoms with van der Waals surface area (Å²) in [5, 5.41) is 0. The Morgan fingerprint density at radius 1 is 1.24 bits per heavy atom. The van der Waals surface area contributed by atoms with Crippen molar-refractivity contribution in [2.24, 2.45) is 5.73 Å². The predicted octanol–water partition coefficient (Wildman–Crippen LogP) is 1.59. The molecule has 17 heavy (non-hydrogen) atoms. The van der Waals surface area contributed by atoms with Crippen LogP contribution in [0.5, 0.6) is 0 Å². The van der Waals surface area contributed by atoms with Gasteiger partial charge in [-0.25, -0.2) is 4.98 Å². The van der Waals surface area contributed by atoms with Crippen molar-refractivity contribution in [1.82, 2.24) is 9.88 Å². The van der Waals surface area contributed by atoms with Gasteiger partial charge in [-0.3, -0.25) is 0 Å². The van der Waals surface area contributed by atoms with Crippen LogP contribution in [-0.2, 0) is 12.8 Å². The molecular weight excluding hydrogens is 214 g/mol. The minimum absolute atomic E-state index is 0.712. The molecule has 0 saturated carbocycles. The minimum atomic E-state index is 0.712. The first kappa shape index (κ1) is 12.6. The molecular formula is C13H23N3O. The van der Waals surface area contributed by atoms with E-state index >= 15 is 0 Å². The van der Waals surface area contributed by atoms with Gasteiger partial charge in [-0.1, -0.05) is 6.42 Å². The number of nitrogens with zero attached hydrogens (tertiary/aromatic N) is 2. The molecule has 96 valence electrons. The first-order valence-corrected chi connectivity index (χ1v) is 6.74. The second kappa shape index (κ2) is 6.77. The van der Waals surface area contributed by atoms with E-state index < -0.39 is 0 Å². The monoisotopic (exact) mass is 237 g/mol. The van der Waals surface area contributed by atoms with Gasteiger partial charge < -0.3 is 15.1 Å². The van der Waals surface area contributed by atoms with Crippen molar-refractivity contribution in [3.8, 4) is 0 Å². The van der Waals surface area contributed by atoms with Crippen LogP contribution < -0.4 is 5.73 Å². The second-order valence-corrected chi connectivity index (χ2v) is 4.76. The van der Waals surface area contributed by atoms with E-state index in [1.54, 1.807) is 0 Å². The van der Waals surface area contributed by atoms with Crippen LogP contribution in [0.2, 0.25) is 0 Å². The molecule has 4 nitrogen and oxygen atoms in total. The number of aryl methyl sites for hydroxylation is 1. The van der Waals surface area contributed by atoms with E-state index in [-0.39, 0.29) is 0 Å². The van der Waals surface area contributed by atoms with Crippen LogP contribution in [0, 0.1) is 0 Å². The van der Waals surface area contributed by atoms with E-state index in [2.05, 4.69) is 9.88 Å². The van der Waals surface area contributed by atoms with Gasteiger partial charge in [0.15, 0.2) is 5.89 Å². The lowest BCUT2D eigenvalue weighted by Crippen LogP contribution is -2.31. The van der Waals surface area contributed by atoms with Gasteiger partial charge in [-0.2, -0.15) is 0 Å². The normalized spacial score (nSPS) is 17.5. The lowest BCUT2D eigenvalue weighted by molar-refractivity contribution is 0.225. The van der Waals surface area contributed by atoms with Crippen molar-refractivity contribution in [2.45, 2.75) is 38.5 Å². The highest BCUT2D eigenvalue weighted by Crippen LogP contribution is 2.11. The summed E-state index contributed by atoms with van der Waals surface area (Å²) in [6, 6.07) is 0. The summed E-state index contributed by atoms with van der Waals surface area (Å²) in [6.45, 7) is 4.27. The van der Waals surface area contributed by atoms with E-state index in [0.717, 1.165) is 37.5 Å². The van der Waals surface area contributed by atoms with E-state index in [1.807, 2.05) is 6.20 Å². The summed E-state index contributed by atoms with van der Waals surface area (Å²) in [6.07, 6.45) is 8.73. The molecule has 0 spiro atoms. The smallest absolute Gasteiger partial charge is 0.195 e. The zero-order valence-electron chi connectivity index (χ0n) is 10.5. The van der Waals surface area contributed by atoms with Gasteiger partial charge >= 0.3 is 0 Å². The van der Waals surface area contributed by atoms with E-state index in [4.69, 9.17) is 10.2 Å². The minimum Gasteiger partial charge on any atom is -0.446 e. The summed E-state index contributed by atoms with van der Waals surface area (Å²) in [5.41, 5.74) is 5.47. The molecule has 1 aromatic rings. The highest BCUT2D eigenvalue weighted by molar-refractivity contribution is 4.95. The first-order valence-electron chi connectivity index (χ1n) is 6.74. The summed E-state index contributed by atoms with van der Waals surface area (Å²) < 4.78 is 5.68. The standard InChI is InChI=1S/C13H23N3O/c14-7-4-5-12-11-15-13(17-12)6-10-16-8-2-1-3-9-16/h11H,1-10,14H2. The second-order valence-electron chi connectivity index (χ2n) is 4.76. The van der Waals surface area contributed by atoms with Gasteiger partial charge in [0.05, 0.1) is 6.20 Å². The lowest BCUT2D eigenvalue weighted by atomic mass is 10.1. The van der Waals surface area contributed by atoms with Gasteiger partial charge in [0.2, 0.25) is 0 Å². The maximum absolute atomic E-state index is 5.68. The molecule has 1 fully saturated rings. The molecule has 0 atom stereocenters. The van der Waals surface area contributed by atoms with Crippen LogP contribution in [-0.4, -0.2) is 36.1 Å². The molecule has 1 saturated heterocycles.